The van der Waals surface area contributed by atoms with Crippen LogP contribution < -0.4 is 5.73 Å². The van der Waals surface area contributed by atoms with Crippen molar-refractivity contribution in [2.24, 2.45) is 0 Å². The van der Waals surface area contributed by atoms with E-state index in [1.54, 1.807) is 24.4 Å². The molecular formula is C16H13ClN2O. The number of carbonyl (C=O) groups excluding carboxylic acids is 1. The summed E-state index contributed by atoms with van der Waals surface area (Å²) in [5.74, 6) is -0.123. The number of rotatable bonds is 2. The van der Waals surface area contributed by atoms with E-state index in [-0.39, 0.29) is 5.78 Å². The van der Waals surface area contributed by atoms with Gasteiger partial charge in [0.25, 0.3) is 0 Å². The van der Waals surface area contributed by atoms with Gasteiger partial charge in [-0.3, -0.25) is 4.79 Å². The number of nitrogens with two attached hydrogens (primary N) is 1. The molecule has 0 spiro atoms. The van der Waals surface area contributed by atoms with Crippen LogP contribution in [-0.2, 0) is 0 Å². The monoisotopic (exact) mass is 284 g/mol. The largest absolute Gasteiger partial charge is 0.397 e. The fourth-order valence-electron chi connectivity index (χ4n) is 2.30. The summed E-state index contributed by atoms with van der Waals surface area (Å²) in [5, 5.41) is 1.29. The molecule has 0 bridgehead atoms. The van der Waals surface area contributed by atoms with Gasteiger partial charge >= 0.3 is 0 Å². The van der Waals surface area contributed by atoms with Gasteiger partial charge in [0.1, 0.15) is 0 Å². The molecule has 0 amide bonds. The van der Waals surface area contributed by atoms with Crippen LogP contribution in [0.25, 0.3) is 10.9 Å². The van der Waals surface area contributed by atoms with Gasteiger partial charge in [0, 0.05) is 28.2 Å². The number of nitrogens with one attached hydrogen (secondary N) is 1. The molecule has 1 aromatic heterocycles. The molecule has 100 valence electrons. The minimum Gasteiger partial charge on any atom is -0.397 e. The van der Waals surface area contributed by atoms with Gasteiger partial charge < -0.3 is 10.7 Å². The maximum atomic E-state index is 12.6. The number of para-hydroxylation sites is 1. The van der Waals surface area contributed by atoms with E-state index in [0.29, 0.717) is 21.8 Å². The number of carbonyl (C=O) groups is 1. The fraction of sp³-hybridized carbons (Fsp3) is 0.0625. The van der Waals surface area contributed by atoms with E-state index in [9.17, 15) is 4.79 Å². The Balaban J connectivity index is 2.18. The molecule has 0 unspecified atom stereocenters. The van der Waals surface area contributed by atoms with Gasteiger partial charge in [0.15, 0.2) is 5.78 Å². The van der Waals surface area contributed by atoms with Gasteiger partial charge in [-0.2, -0.15) is 0 Å². The summed E-state index contributed by atoms with van der Waals surface area (Å²) in [6, 6.07) is 11.0. The van der Waals surface area contributed by atoms with Crippen LogP contribution in [0, 0.1) is 6.92 Å². The lowest BCUT2D eigenvalue weighted by atomic mass is 10.0. The number of H-pyrrole nitrogens is 1. The first-order chi connectivity index (χ1) is 9.58. The van der Waals surface area contributed by atoms with E-state index in [2.05, 4.69) is 4.98 Å². The average Bonchev–Trinajstić information content (AvgIpc) is 2.84. The van der Waals surface area contributed by atoms with Crippen LogP contribution >= 0.6 is 11.6 Å². The molecule has 3 nitrogen and oxygen atoms in total. The highest BCUT2D eigenvalue weighted by atomic mass is 35.5. The molecule has 2 aromatic carbocycles. The number of fused-ring (bicyclic) bond motifs is 1. The Kier molecular flexibility index (Phi) is 2.99. The Morgan fingerprint density at radius 2 is 2.00 bits per heavy atom. The third-order valence-corrected chi connectivity index (χ3v) is 3.71. The summed E-state index contributed by atoms with van der Waals surface area (Å²) in [6.07, 6.45) is 1.72. The summed E-state index contributed by atoms with van der Waals surface area (Å²) >= 11 is 5.98. The van der Waals surface area contributed by atoms with Crippen LogP contribution in [0.3, 0.4) is 0 Å². The predicted octanol–water partition coefficient (Wildman–Crippen LogP) is 3.94. The molecule has 0 aliphatic heterocycles. The maximum Gasteiger partial charge on any atom is 0.197 e. The Morgan fingerprint density at radius 3 is 2.80 bits per heavy atom. The van der Waals surface area contributed by atoms with E-state index in [4.69, 9.17) is 17.3 Å². The van der Waals surface area contributed by atoms with Gasteiger partial charge in [0.2, 0.25) is 0 Å². The van der Waals surface area contributed by atoms with E-state index < -0.39 is 0 Å². The normalized spacial score (nSPS) is 10.9. The van der Waals surface area contributed by atoms with Crippen LogP contribution in [-0.4, -0.2) is 10.8 Å². The number of halogens is 1. The first-order valence-electron chi connectivity index (χ1n) is 6.24. The molecule has 3 N–H and O–H groups in total. The lowest BCUT2D eigenvalue weighted by molar-refractivity contribution is 0.104. The topological polar surface area (TPSA) is 58.9 Å². The summed E-state index contributed by atoms with van der Waals surface area (Å²) in [7, 11) is 0. The molecule has 0 saturated carbocycles. The number of aryl methyl sites for hydroxylation is 1. The highest BCUT2D eigenvalue weighted by molar-refractivity contribution is 6.34. The molecule has 0 saturated heterocycles. The number of benzene rings is 2. The number of anilines is 1. The molecule has 0 aliphatic rings. The van der Waals surface area contributed by atoms with Crippen LogP contribution in [0.1, 0.15) is 21.5 Å². The zero-order valence-electron chi connectivity index (χ0n) is 10.9. The highest BCUT2D eigenvalue weighted by Gasteiger charge is 2.17. The van der Waals surface area contributed by atoms with Crippen LogP contribution in [0.2, 0.25) is 5.02 Å². The van der Waals surface area contributed by atoms with Gasteiger partial charge in [-0.15, -0.1) is 0 Å². The Bertz CT molecular complexity index is 820. The number of hydrogen-bond acceptors (Lipinski definition) is 2. The predicted molar refractivity (Wildman–Crippen MR) is 82.3 cm³/mol. The van der Waals surface area contributed by atoms with Crippen LogP contribution in [0.5, 0.6) is 0 Å². The second-order valence-electron chi connectivity index (χ2n) is 4.78. The van der Waals surface area contributed by atoms with Crippen molar-refractivity contribution in [3.05, 3.63) is 64.3 Å². The van der Waals surface area contributed by atoms with Crippen molar-refractivity contribution in [3.63, 3.8) is 0 Å². The Labute approximate surface area is 121 Å². The van der Waals surface area contributed by atoms with Crippen molar-refractivity contribution in [3.8, 4) is 0 Å². The van der Waals surface area contributed by atoms with Gasteiger partial charge in [-0.05, 0) is 31.2 Å². The van der Waals surface area contributed by atoms with Gasteiger partial charge in [-0.25, -0.2) is 0 Å². The maximum absolute atomic E-state index is 12.6. The van der Waals surface area contributed by atoms with Crippen molar-refractivity contribution in [2.45, 2.75) is 6.92 Å². The number of ketones is 1. The third kappa shape index (κ3) is 1.96. The zero-order valence-corrected chi connectivity index (χ0v) is 11.7. The third-order valence-electron chi connectivity index (χ3n) is 3.38. The van der Waals surface area contributed by atoms with E-state index >= 15 is 0 Å². The number of nitrogen functional groups attached to an aromatic ring is 1. The SMILES string of the molecule is Cc1ccc2[nH]cc(C(=O)c3cccc(Cl)c3N)c2c1. The van der Waals surface area contributed by atoms with Gasteiger partial charge in [0.05, 0.1) is 10.7 Å². The first kappa shape index (κ1) is 12.8. The van der Waals surface area contributed by atoms with Crippen molar-refractivity contribution in [1.82, 2.24) is 4.98 Å². The smallest absolute Gasteiger partial charge is 0.197 e. The molecule has 0 fully saturated rings. The standard InChI is InChI=1S/C16H13ClN2O/c1-9-5-6-14-11(7-9)12(8-19-14)16(20)10-3-2-4-13(17)15(10)18/h2-8,19H,18H2,1H3. The van der Waals surface area contributed by atoms with Crippen molar-refractivity contribution in [2.75, 3.05) is 5.73 Å². The molecule has 1 heterocycles. The van der Waals surface area contributed by atoms with E-state index in [1.165, 1.54) is 0 Å². The molecule has 0 atom stereocenters. The minimum absolute atomic E-state index is 0.123. The Morgan fingerprint density at radius 1 is 1.20 bits per heavy atom. The van der Waals surface area contributed by atoms with Crippen molar-refractivity contribution >= 4 is 34.0 Å². The second-order valence-corrected chi connectivity index (χ2v) is 5.19. The van der Waals surface area contributed by atoms with Crippen molar-refractivity contribution in [1.29, 1.82) is 0 Å². The first-order valence-corrected chi connectivity index (χ1v) is 6.62. The van der Waals surface area contributed by atoms with Crippen LogP contribution in [0.15, 0.2) is 42.6 Å². The van der Waals surface area contributed by atoms with E-state index in [1.807, 2.05) is 25.1 Å². The Hall–Kier alpha value is -2.26. The van der Waals surface area contributed by atoms with Crippen LogP contribution in [0.4, 0.5) is 5.69 Å². The highest BCUT2D eigenvalue weighted by Crippen LogP contribution is 2.28. The molecule has 3 aromatic rings. The van der Waals surface area contributed by atoms with Gasteiger partial charge in [-0.1, -0.05) is 29.3 Å². The summed E-state index contributed by atoms with van der Waals surface area (Å²) in [5.41, 5.74) is 9.29. The molecule has 20 heavy (non-hydrogen) atoms. The van der Waals surface area contributed by atoms with Crippen molar-refractivity contribution < 1.29 is 4.79 Å². The molecule has 3 rings (SSSR count). The molecule has 0 radical (unpaired) electrons. The number of aromatic amines is 1. The lowest BCUT2D eigenvalue weighted by Gasteiger charge is -2.05. The number of aromatic nitrogens is 1. The summed E-state index contributed by atoms with van der Waals surface area (Å²) in [4.78, 5) is 15.8. The fourth-order valence-corrected chi connectivity index (χ4v) is 2.48. The second kappa shape index (κ2) is 4.69. The number of hydrogen-bond donors (Lipinski definition) is 2. The summed E-state index contributed by atoms with van der Waals surface area (Å²) < 4.78 is 0. The quantitative estimate of drug-likeness (QED) is 0.553. The molecule has 4 heteroatoms. The average molecular weight is 285 g/mol. The van der Waals surface area contributed by atoms with E-state index in [0.717, 1.165) is 16.5 Å². The summed E-state index contributed by atoms with van der Waals surface area (Å²) in [6.45, 7) is 1.99. The zero-order chi connectivity index (χ0) is 14.3. The molecular weight excluding hydrogens is 272 g/mol. The lowest BCUT2D eigenvalue weighted by Crippen LogP contribution is -2.05. The minimum atomic E-state index is -0.123. The molecule has 0 aliphatic carbocycles.